The molecule has 0 atom stereocenters. The van der Waals surface area contributed by atoms with E-state index >= 15 is 0 Å². The van der Waals surface area contributed by atoms with Crippen LogP contribution in [0.25, 0.3) is 0 Å². The highest BCUT2D eigenvalue weighted by Crippen LogP contribution is 1.77. The first-order valence-corrected chi connectivity index (χ1v) is 1.05. The molecular formula is CF2P. The maximum absolute atomic E-state index is 10.1. The molecule has 0 aliphatic heterocycles. The van der Waals surface area contributed by atoms with Crippen molar-refractivity contribution in [2.75, 3.05) is 0 Å². The van der Waals surface area contributed by atoms with Crippen LogP contribution in [0.4, 0.5) is 8.78 Å². The molecule has 0 saturated heterocycles. The summed E-state index contributed by atoms with van der Waals surface area (Å²) in [6, 6.07) is 0. The zero-order chi connectivity index (χ0) is 3.58. The Morgan fingerprint density at radius 2 is 1.50 bits per heavy atom. The van der Waals surface area contributed by atoms with Crippen LogP contribution in [-0.2, 0) is 0 Å². The second-order valence-electron chi connectivity index (χ2n) is 0.240. The summed E-state index contributed by atoms with van der Waals surface area (Å²) >= 11 is 0. The number of halogens is 2. The predicted octanol–water partition coefficient (Wildman–Crippen LogP) is 1.42. The van der Waals surface area contributed by atoms with E-state index in [9.17, 15) is 8.78 Å². The summed E-state index contributed by atoms with van der Waals surface area (Å²) in [5, 5.41) is 0. The van der Waals surface area contributed by atoms with E-state index in [1.54, 1.807) is 0 Å². The van der Waals surface area contributed by atoms with Crippen molar-refractivity contribution < 1.29 is 8.78 Å². The van der Waals surface area contributed by atoms with Gasteiger partial charge in [0, 0.05) is 8.86 Å². The number of hydrogen-bond acceptors (Lipinski definition) is 0. The molecule has 0 spiro atoms. The fourth-order valence-corrected chi connectivity index (χ4v) is 0. The van der Waals surface area contributed by atoms with Crippen LogP contribution in [0.15, 0.2) is 0 Å². The topological polar surface area (TPSA) is 0 Å². The van der Waals surface area contributed by atoms with Gasteiger partial charge in [0.2, 0.25) is 0 Å². The van der Waals surface area contributed by atoms with Crippen LogP contribution in [0.1, 0.15) is 0 Å². The van der Waals surface area contributed by atoms with Gasteiger partial charge in [-0.25, -0.2) is 0 Å². The first kappa shape index (κ1) is 4.03. The summed E-state index contributed by atoms with van der Waals surface area (Å²) in [5.74, 6) is -1.89. The maximum atomic E-state index is 10.1. The van der Waals surface area contributed by atoms with E-state index < -0.39 is 5.80 Å². The minimum Gasteiger partial charge on any atom is -0.168 e. The highest BCUT2D eigenvalue weighted by Gasteiger charge is 1.68. The molecule has 0 aliphatic carbocycles. The molecular weight excluding hydrogens is 81.0 g/mol. The zero-order valence-corrected chi connectivity index (χ0v) is 2.60. The van der Waals surface area contributed by atoms with Crippen LogP contribution < -0.4 is 0 Å². The van der Waals surface area contributed by atoms with Crippen molar-refractivity contribution in [3.05, 3.63) is 0 Å². The van der Waals surface area contributed by atoms with Gasteiger partial charge in [0.1, 0.15) is 0 Å². The molecule has 4 heavy (non-hydrogen) atoms. The van der Waals surface area contributed by atoms with Crippen molar-refractivity contribution in [3.63, 3.8) is 0 Å². The molecule has 0 aromatic heterocycles. The molecule has 3 heteroatoms. The van der Waals surface area contributed by atoms with E-state index in [4.69, 9.17) is 0 Å². The van der Waals surface area contributed by atoms with Gasteiger partial charge in [-0.3, -0.25) is 0 Å². The molecule has 0 heterocycles. The third kappa shape index (κ3) is 2390. The molecule has 0 rings (SSSR count). The van der Waals surface area contributed by atoms with Crippen molar-refractivity contribution in [2.24, 2.45) is 0 Å². The zero-order valence-electron chi connectivity index (χ0n) is 1.70. The molecule has 0 bridgehead atoms. The Balaban J connectivity index is 2.80. The van der Waals surface area contributed by atoms with Gasteiger partial charge in [-0.05, 0) is 0 Å². The first-order chi connectivity index (χ1) is 1.73. The SMILES string of the molecule is FC(F)=[P]. The maximum Gasteiger partial charge on any atom is 0.299 e. The summed E-state index contributed by atoms with van der Waals surface area (Å²) in [7, 11) is 2.55. The van der Waals surface area contributed by atoms with Gasteiger partial charge >= 0.3 is 0 Å². The third-order valence-corrected chi connectivity index (χ3v) is 0. The molecule has 0 aromatic carbocycles. The van der Waals surface area contributed by atoms with Gasteiger partial charge in [0.15, 0.2) is 0 Å². The molecule has 0 fully saturated rings. The van der Waals surface area contributed by atoms with Crippen molar-refractivity contribution in [3.8, 4) is 0 Å². The predicted molar refractivity (Wildman–Crippen MR) is 14.1 cm³/mol. The average Bonchev–Trinajstić information content (AvgIpc) is 0.811. The lowest BCUT2D eigenvalue weighted by atomic mass is 11.7. The second kappa shape index (κ2) is 1.36. The Hall–Kier alpha value is 0.0300. The van der Waals surface area contributed by atoms with E-state index in [0.29, 0.717) is 0 Å². The molecule has 0 nitrogen and oxygen atoms in total. The van der Waals surface area contributed by atoms with E-state index in [0.717, 1.165) is 0 Å². The Kier molecular flexibility index (Phi) is 1.37. The normalized spacial score (nSPS) is 6.50. The number of rotatable bonds is 0. The van der Waals surface area contributed by atoms with Gasteiger partial charge < -0.3 is 0 Å². The van der Waals surface area contributed by atoms with Crippen LogP contribution >= 0.6 is 8.86 Å². The Morgan fingerprint density at radius 1 is 1.50 bits per heavy atom. The summed E-state index contributed by atoms with van der Waals surface area (Å²) in [5.41, 5.74) is 0. The summed E-state index contributed by atoms with van der Waals surface area (Å²) in [6.07, 6.45) is 0. The van der Waals surface area contributed by atoms with Crippen LogP contribution in [0.2, 0.25) is 0 Å². The fraction of sp³-hybridized carbons (Fsp3) is 0. The molecule has 1 radical (unpaired) electrons. The van der Waals surface area contributed by atoms with E-state index in [1.165, 1.54) is 0 Å². The first-order valence-electron chi connectivity index (χ1n) is 0.602. The molecule has 0 N–H and O–H groups in total. The molecule has 0 saturated carbocycles. The molecule has 23 valence electrons. The monoisotopic (exact) mass is 81.0 g/mol. The Morgan fingerprint density at radius 3 is 1.50 bits per heavy atom. The Bertz CT molecular complexity index is 29.0. The lowest BCUT2D eigenvalue weighted by molar-refractivity contribution is 0.642. The van der Waals surface area contributed by atoms with Gasteiger partial charge in [-0.2, -0.15) is 8.78 Å². The molecule has 0 aromatic rings. The van der Waals surface area contributed by atoms with Crippen molar-refractivity contribution >= 4 is 14.7 Å². The van der Waals surface area contributed by atoms with Gasteiger partial charge in [0.05, 0.1) is 0 Å². The quantitative estimate of drug-likeness (QED) is 0.387. The summed E-state index contributed by atoms with van der Waals surface area (Å²) < 4.78 is 20.2. The largest absolute Gasteiger partial charge is 0.299 e. The highest BCUT2D eigenvalue weighted by atomic mass is 31.0. The molecule has 0 amide bonds. The van der Waals surface area contributed by atoms with Crippen LogP contribution in [0, 0.1) is 0 Å². The summed E-state index contributed by atoms with van der Waals surface area (Å²) in [4.78, 5) is 0. The lowest BCUT2D eigenvalue weighted by Gasteiger charge is -1.51. The average molecular weight is 81.0 g/mol. The van der Waals surface area contributed by atoms with Crippen molar-refractivity contribution in [2.45, 2.75) is 0 Å². The van der Waals surface area contributed by atoms with Gasteiger partial charge in [0.25, 0.3) is 5.80 Å². The smallest absolute Gasteiger partial charge is 0.168 e. The minimum absolute atomic E-state index is 1.89. The molecule has 0 aliphatic rings. The fourth-order valence-electron chi connectivity index (χ4n) is 0. The van der Waals surface area contributed by atoms with E-state index in [1.807, 2.05) is 0 Å². The summed E-state index contributed by atoms with van der Waals surface area (Å²) in [6.45, 7) is 0. The minimum atomic E-state index is -1.89. The van der Waals surface area contributed by atoms with Crippen LogP contribution in [-0.4, -0.2) is 5.80 Å². The van der Waals surface area contributed by atoms with Crippen LogP contribution in [0.5, 0.6) is 0 Å². The lowest BCUT2D eigenvalue weighted by Crippen LogP contribution is -1.52. The highest BCUT2D eigenvalue weighted by molar-refractivity contribution is 7.19. The van der Waals surface area contributed by atoms with Gasteiger partial charge in [-0.15, -0.1) is 0 Å². The number of hydrogen-bond donors (Lipinski definition) is 0. The molecule has 0 unspecified atom stereocenters. The standard InChI is InChI=1S/CF2P/c2-1(3)4. The van der Waals surface area contributed by atoms with Crippen molar-refractivity contribution in [1.29, 1.82) is 0 Å². The van der Waals surface area contributed by atoms with E-state index in [-0.39, 0.29) is 0 Å². The van der Waals surface area contributed by atoms with Crippen LogP contribution in [0.3, 0.4) is 0 Å². The third-order valence-electron chi connectivity index (χ3n) is 0. The Labute approximate surface area is 24.7 Å². The van der Waals surface area contributed by atoms with Crippen molar-refractivity contribution in [1.82, 2.24) is 0 Å². The second-order valence-corrected chi connectivity index (χ2v) is 0.579. The van der Waals surface area contributed by atoms with Gasteiger partial charge in [-0.1, -0.05) is 0 Å². The van der Waals surface area contributed by atoms with E-state index in [2.05, 4.69) is 8.86 Å².